The Morgan fingerprint density at radius 1 is 1.39 bits per heavy atom. The van der Waals surface area contributed by atoms with Crippen molar-refractivity contribution in [3.63, 3.8) is 0 Å². The number of nitro groups is 1. The Balaban J connectivity index is 2.01. The first-order valence-corrected chi connectivity index (χ1v) is 5.89. The van der Waals surface area contributed by atoms with Crippen molar-refractivity contribution < 1.29 is 10.0 Å². The molecule has 1 fully saturated rings. The Bertz CT molecular complexity index is 419. The minimum absolute atomic E-state index is 0.0674. The Kier molecular flexibility index (Phi) is 4.06. The van der Waals surface area contributed by atoms with Crippen molar-refractivity contribution in [3.05, 3.63) is 28.4 Å². The molecule has 0 unspecified atom stereocenters. The Morgan fingerprint density at radius 3 is 2.72 bits per heavy atom. The van der Waals surface area contributed by atoms with Crippen LogP contribution < -0.4 is 4.90 Å². The van der Waals surface area contributed by atoms with Gasteiger partial charge in [0, 0.05) is 45.0 Å². The largest absolute Gasteiger partial charge is 0.395 e. The van der Waals surface area contributed by atoms with Gasteiger partial charge in [0.2, 0.25) is 0 Å². The minimum atomic E-state index is -0.410. The third-order valence-corrected chi connectivity index (χ3v) is 3.05. The molecule has 1 saturated heterocycles. The van der Waals surface area contributed by atoms with Crippen molar-refractivity contribution in [2.75, 3.05) is 44.2 Å². The van der Waals surface area contributed by atoms with Crippen LogP contribution in [-0.4, -0.2) is 59.2 Å². The number of piperazine rings is 1. The molecule has 7 heteroatoms. The fourth-order valence-electron chi connectivity index (χ4n) is 2.04. The number of aliphatic hydroxyl groups excluding tert-OH is 1. The van der Waals surface area contributed by atoms with Gasteiger partial charge in [-0.25, -0.2) is 4.98 Å². The number of hydrogen-bond donors (Lipinski definition) is 1. The highest BCUT2D eigenvalue weighted by Crippen LogP contribution is 2.19. The zero-order valence-corrected chi connectivity index (χ0v) is 10.0. The van der Waals surface area contributed by atoms with Crippen LogP contribution in [0.15, 0.2) is 18.3 Å². The molecule has 98 valence electrons. The molecule has 1 aromatic rings. The molecule has 1 N–H and O–H groups in total. The number of rotatable bonds is 4. The van der Waals surface area contributed by atoms with Gasteiger partial charge in [0.15, 0.2) is 0 Å². The molecule has 0 radical (unpaired) electrons. The summed E-state index contributed by atoms with van der Waals surface area (Å²) < 4.78 is 0. The maximum absolute atomic E-state index is 10.7. The summed E-state index contributed by atoms with van der Waals surface area (Å²) in [7, 11) is 0. The lowest BCUT2D eigenvalue weighted by Crippen LogP contribution is -2.47. The highest BCUT2D eigenvalue weighted by Gasteiger charge is 2.19. The number of aromatic nitrogens is 1. The second kappa shape index (κ2) is 5.74. The molecule has 0 saturated carbocycles. The van der Waals surface area contributed by atoms with E-state index in [0.717, 1.165) is 26.2 Å². The van der Waals surface area contributed by atoms with Gasteiger partial charge in [0.1, 0.15) is 5.82 Å². The molecule has 2 rings (SSSR count). The lowest BCUT2D eigenvalue weighted by molar-refractivity contribution is -0.384. The lowest BCUT2D eigenvalue weighted by atomic mass is 10.3. The van der Waals surface area contributed by atoms with Crippen LogP contribution in [0, 0.1) is 10.1 Å². The second-order valence-corrected chi connectivity index (χ2v) is 4.18. The summed E-state index contributed by atoms with van der Waals surface area (Å²) in [6.45, 7) is 4.06. The maximum Gasteiger partial charge on any atom is 0.274 e. The van der Waals surface area contributed by atoms with Crippen molar-refractivity contribution in [1.29, 1.82) is 0 Å². The van der Waals surface area contributed by atoms with Crippen LogP contribution in [-0.2, 0) is 0 Å². The second-order valence-electron chi connectivity index (χ2n) is 4.18. The van der Waals surface area contributed by atoms with Crippen LogP contribution >= 0.6 is 0 Å². The van der Waals surface area contributed by atoms with Crippen molar-refractivity contribution in [3.8, 4) is 0 Å². The van der Waals surface area contributed by atoms with E-state index in [4.69, 9.17) is 5.11 Å². The first-order chi connectivity index (χ1) is 8.70. The van der Waals surface area contributed by atoms with E-state index in [-0.39, 0.29) is 12.3 Å². The van der Waals surface area contributed by atoms with Crippen LogP contribution in [0.4, 0.5) is 11.5 Å². The first kappa shape index (κ1) is 12.7. The minimum Gasteiger partial charge on any atom is -0.395 e. The van der Waals surface area contributed by atoms with Gasteiger partial charge in [-0.05, 0) is 0 Å². The monoisotopic (exact) mass is 252 g/mol. The molecule has 0 spiro atoms. The van der Waals surface area contributed by atoms with E-state index in [9.17, 15) is 10.1 Å². The molecular weight excluding hydrogens is 236 g/mol. The number of nitrogens with zero attached hydrogens (tertiary/aromatic N) is 4. The predicted molar refractivity (Wildman–Crippen MR) is 66.6 cm³/mol. The number of hydrogen-bond acceptors (Lipinski definition) is 6. The van der Waals surface area contributed by atoms with Gasteiger partial charge < -0.3 is 10.0 Å². The molecule has 0 atom stereocenters. The quantitative estimate of drug-likeness (QED) is 0.604. The SMILES string of the molecule is O=[N+]([O-])c1ccnc(N2CCN(CCO)CC2)c1. The normalized spacial score (nSPS) is 16.8. The average Bonchev–Trinajstić information content (AvgIpc) is 2.40. The highest BCUT2D eigenvalue weighted by molar-refractivity contribution is 5.46. The van der Waals surface area contributed by atoms with E-state index in [0.29, 0.717) is 12.4 Å². The molecule has 18 heavy (non-hydrogen) atoms. The fourth-order valence-corrected chi connectivity index (χ4v) is 2.04. The molecule has 1 aliphatic rings. The topological polar surface area (TPSA) is 82.7 Å². The van der Waals surface area contributed by atoms with Gasteiger partial charge in [-0.3, -0.25) is 15.0 Å². The van der Waals surface area contributed by atoms with Crippen LogP contribution in [0.1, 0.15) is 0 Å². The summed E-state index contributed by atoms with van der Waals surface area (Å²) >= 11 is 0. The summed E-state index contributed by atoms with van der Waals surface area (Å²) in [5, 5.41) is 19.6. The molecule has 1 aromatic heterocycles. The molecule has 2 heterocycles. The van der Waals surface area contributed by atoms with Gasteiger partial charge >= 0.3 is 0 Å². The molecule has 0 aromatic carbocycles. The van der Waals surface area contributed by atoms with Crippen molar-refractivity contribution >= 4 is 11.5 Å². The van der Waals surface area contributed by atoms with Crippen LogP contribution in [0.5, 0.6) is 0 Å². The highest BCUT2D eigenvalue weighted by atomic mass is 16.6. The van der Waals surface area contributed by atoms with E-state index in [1.54, 1.807) is 0 Å². The summed E-state index contributed by atoms with van der Waals surface area (Å²) in [5.41, 5.74) is 0.0674. The standard InChI is InChI=1S/C11H16N4O3/c16-8-7-13-3-5-14(6-4-13)11-9-10(15(17)18)1-2-12-11/h1-2,9,16H,3-8H2. The molecule has 0 bridgehead atoms. The van der Waals surface area contributed by atoms with E-state index in [2.05, 4.69) is 9.88 Å². The number of anilines is 1. The summed E-state index contributed by atoms with van der Waals surface area (Å²) in [6.07, 6.45) is 1.47. The Morgan fingerprint density at radius 2 is 2.11 bits per heavy atom. The molecular formula is C11H16N4O3. The molecule has 7 nitrogen and oxygen atoms in total. The van der Waals surface area contributed by atoms with Gasteiger partial charge in [0.05, 0.1) is 17.6 Å². The molecule has 0 aliphatic carbocycles. The van der Waals surface area contributed by atoms with Crippen LogP contribution in [0.3, 0.4) is 0 Å². The average molecular weight is 252 g/mol. The maximum atomic E-state index is 10.7. The number of aliphatic hydroxyl groups is 1. The number of β-amino-alcohol motifs (C(OH)–C–C–N with tert-alkyl or cyclic N) is 1. The third kappa shape index (κ3) is 2.93. The summed E-state index contributed by atoms with van der Waals surface area (Å²) in [6, 6.07) is 2.90. The van der Waals surface area contributed by atoms with Gasteiger partial charge in [-0.1, -0.05) is 0 Å². The zero-order valence-electron chi connectivity index (χ0n) is 10.0. The molecule has 0 amide bonds. The van der Waals surface area contributed by atoms with E-state index in [1.807, 2.05) is 4.90 Å². The van der Waals surface area contributed by atoms with Crippen molar-refractivity contribution in [1.82, 2.24) is 9.88 Å². The van der Waals surface area contributed by atoms with E-state index < -0.39 is 4.92 Å². The van der Waals surface area contributed by atoms with Gasteiger partial charge in [0.25, 0.3) is 5.69 Å². The van der Waals surface area contributed by atoms with E-state index >= 15 is 0 Å². The number of pyridine rings is 1. The Hall–Kier alpha value is -1.73. The van der Waals surface area contributed by atoms with Gasteiger partial charge in [-0.2, -0.15) is 0 Å². The lowest BCUT2D eigenvalue weighted by Gasteiger charge is -2.34. The van der Waals surface area contributed by atoms with E-state index in [1.165, 1.54) is 18.3 Å². The summed E-state index contributed by atoms with van der Waals surface area (Å²) in [4.78, 5) is 18.6. The van der Waals surface area contributed by atoms with Gasteiger partial charge in [-0.15, -0.1) is 0 Å². The molecule has 1 aliphatic heterocycles. The third-order valence-electron chi connectivity index (χ3n) is 3.05. The van der Waals surface area contributed by atoms with Crippen molar-refractivity contribution in [2.24, 2.45) is 0 Å². The Labute approximate surface area is 105 Å². The fraction of sp³-hybridized carbons (Fsp3) is 0.545. The summed E-state index contributed by atoms with van der Waals surface area (Å²) in [5.74, 6) is 0.646. The van der Waals surface area contributed by atoms with Crippen LogP contribution in [0.2, 0.25) is 0 Å². The smallest absolute Gasteiger partial charge is 0.274 e. The van der Waals surface area contributed by atoms with Crippen LogP contribution in [0.25, 0.3) is 0 Å². The van der Waals surface area contributed by atoms with Crippen molar-refractivity contribution in [2.45, 2.75) is 0 Å². The first-order valence-electron chi connectivity index (χ1n) is 5.89. The predicted octanol–water partition coefficient (Wildman–Crippen LogP) is 0.104. The zero-order chi connectivity index (χ0) is 13.0.